The molecule has 0 spiro atoms. The predicted octanol–water partition coefficient (Wildman–Crippen LogP) is 1.26. The summed E-state index contributed by atoms with van der Waals surface area (Å²) in [4.78, 5) is 10.7. The van der Waals surface area contributed by atoms with Gasteiger partial charge in [0.25, 0.3) is 0 Å². The fourth-order valence-corrected chi connectivity index (χ4v) is 1.12. The third-order valence-corrected chi connectivity index (χ3v) is 1.66. The van der Waals surface area contributed by atoms with Gasteiger partial charge in [-0.1, -0.05) is 12.8 Å². The standard InChI is InChI=1S/C7H12O.Li.H/c8-7-5-3-1-2-4-6-7;;/h1-6H2;;. The van der Waals surface area contributed by atoms with Crippen molar-refractivity contribution in [2.24, 2.45) is 0 Å². The molecule has 0 bridgehead atoms. The Morgan fingerprint density at radius 2 is 1.33 bits per heavy atom. The Labute approximate surface area is 68.4 Å². The molecule has 1 aliphatic carbocycles. The summed E-state index contributed by atoms with van der Waals surface area (Å²) in [6.45, 7) is 0. The van der Waals surface area contributed by atoms with Gasteiger partial charge in [0.2, 0.25) is 0 Å². The Kier molecular flexibility index (Phi) is 5.24. The van der Waals surface area contributed by atoms with Crippen LogP contribution in [0.1, 0.15) is 38.5 Å². The van der Waals surface area contributed by atoms with Crippen molar-refractivity contribution in [1.82, 2.24) is 0 Å². The topological polar surface area (TPSA) is 17.1 Å². The molecular formula is C7H13LiO. The average molecular weight is 120 g/mol. The molecule has 48 valence electrons. The number of hydrogen-bond acceptors (Lipinski definition) is 1. The molecule has 0 aromatic rings. The first-order valence-electron chi connectivity index (χ1n) is 3.41. The number of Topliss-reactive ketones (excluding diaryl/α,β-unsaturated/α-hetero) is 1. The van der Waals surface area contributed by atoms with Crippen molar-refractivity contribution in [3.63, 3.8) is 0 Å². The Bertz CT molecular complexity index is 80.9. The van der Waals surface area contributed by atoms with Crippen molar-refractivity contribution in [2.45, 2.75) is 38.5 Å². The first kappa shape index (κ1) is 9.27. The third kappa shape index (κ3) is 3.78. The molecule has 0 unspecified atom stereocenters. The summed E-state index contributed by atoms with van der Waals surface area (Å²) in [7, 11) is 0. The van der Waals surface area contributed by atoms with Gasteiger partial charge in [-0.15, -0.1) is 0 Å². The molecular weight excluding hydrogens is 107 g/mol. The Hall–Kier alpha value is 0.267. The van der Waals surface area contributed by atoms with Gasteiger partial charge in [0.15, 0.2) is 0 Å². The van der Waals surface area contributed by atoms with E-state index in [9.17, 15) is 4.79 Å². The zero-order valence-corrected chi connectivity index (χ0v) is 5.15. The maximum atomic E-state index is 10.7. The molecule has 0 aliphatic heterocycles. The SMILES string of the molecule is O=C1CCCCCC1.[LiH]. The molecule has 0 atom stereocenters. The summed E-state index contributed by atoms with van der Waals surface area (Å²) in [5.74, 6) is 0.475. The predicted molar refractivity (Wildman–Crippen MR) is 39.9 cm³/mol. The molecule has 1 fully saturated rings. The minimum absolute atomic E-state index is 0. The normalized spacial score (nSPS) is 20.2. The van der Waals surface area contributed by atoms with Gasteiger partial charge < -0.3 is 0 Å². The van der Waals surface area contributed by atoms with Gasteiger partial charge in [-0.2, -0.15) is 0 Å². The monoisotopic (exact) mass is 120 g/mol. The van der Waals surface area contributed by atoms with Crippen molar-refractivity contribution in [2.75, 3.05) is 0 Å². The molecule has 1 rings (SSSR count). The quantitative estimate of drug-likeness (QED) is 0.347. The van der Waals surface area contributed by atoms with Crippen molar-refractivity contribution in [3.05, 3.63) is 0 Å². The van der Waals surface area contributed by atoms with E-state index in [-0.39, 0.29) is 18.9 Å². The summed E-state index contributed by atoms with van der Waals surface area (Å²) in [5.41, 5.74) is 0. The van der Waals surface area contributed by atoms with Gasteiger partial charge >= 0.3 is 18.9 Å². The van der Waals surface area contributed by atoms with E-state index in [1.807, 2.05) is 0 Å². The van der Waals surface area contributed by atoms with Gasteiger partial charge in [-0.3, -0.25) is 4.79 Å². The first-order valence-corrected chi connectivity index (χ1v) is 3.41. The molecule has 1 nitrogen and oxygen atoms in total. The molecule has 0 N–H and O–H groups in total. The van der Waals surface area contributed by atoms with E-state index >= 15 is 0 Å². The summed E-state index contributed by atoms with van der Waals surface area (Å²) in [5, 5.41) is 0. The second-order valence-electron chi connectivity index (χ2n) is 2.45. The van der Waals surface area contributed by atoms with Crippen molar-refractivity contribution in [1.29, 1.82) is 0 Å². The van der Waals surface area contributed by atoms with Crippen LogP contribution in [0, 0.1) is 0 Å². The van der Waals surface area contributed by atoms with E-state index in [1.54, 1.807) is 0 Å². The van der Waals surface area contributed by atoms with Crippen LogP contribution in [0.15, 0.2) is 0 Å². The van der Waals surface area contributed by atoms with Crippen LogP contribution in [0.3, 0.4) is 0 Å². The summed E-state index contributed by atoms with van der Waals surface area (Å²) >= 11 is 0. The number of hydrogen-bond donors (Lipinski definition) is 0. The second-order valence-corrected chi connectivity index (χ2v) is 2.45. The second kappa shape index (κ2) is 5.08. The molecule has 0 radical (unpaired) electrons. The van der Waals surface area contributed by atoms with Crippen LogP contribution >= 0.6 is 0 Å². The fraction of sp³-hybridized carbons (Fsp3) is 0.857. The van der Waals surface area contributed by atoms with Crippen LogP contribution in [0.2, 0.25) is 0 Å². The Morgan fingerprint density at radius 1 is 0.889 bits per heavy atom. The first-order chi connectivity index (χ1) is 3.89. The van der Waals surface area contributed by atoms with E-state index in [0.29, 0.717) is 5.78 Å². The van der Waals surface area contributed by atoms with Crippen LogP contribution in [0.5, 0.6) is 0 Å². The number of rotatable bonds is 0. The summed E-state index contributed by atoms with van der Waals surface area (Å²) < 4.78 is 0. The van der Waals surface area contributed by atoms with E-state index in [0.717, 1.165) is 25.7 Å². The van der Waals surface area contributed by atoms with Crippen LogP contribution < -0.4 is 0 Å². The maximum absolute atomic E-state index is 10.7. The zero-order valence-electron chi connectivity index (χ0n) is 5.15. The molecule has 0 saturated heterocycles. The van der Waals surface area contributed by atoms with Gasteiger partial charge in [0.1, 0.15) is 5.78 Å². The summed E-state index contributed by atoms with van der Waals surface area (Å²) in [6, 6.07) is 0. The number of carbonyl (C=O) groups excluding carboxylic acids is 1. The fourth-order valence-electron chi connectivity index (χ4n) is 1.12. The van der Waals surface area contributed by atoms with Gasteiger partial charge in [0, 0.05) is 12.8 Å². The number of carbonyl (C=O) groups is 1. The Balaban J connectivity index is 0.000000640. The van der Waals surface area contributed by atoms with Crippen molar-refractivity contribution in [3.8, 4) is 0 Å². The van der Waals surface area contributed by atoms with E-state index in [4.69, 9.17) is 0 Å². The van der Waals surface area contributed by atoms with Gasteiger partial charge in [-0.05, 0) is 12.8 Å². The summed E-state index contributed by atoms with van der Waals surface area (Å²) in [6.07, 6.45) is 6.51. The van der Waals surface area contributed by atoms with E-state index in [2.05, 4.69) is 0 Å². The van der Waals surface area contributed by atoms with Crippen LogP contribution in [0.4, 0.5) is 0 Å². The molecule has 0 amide bonds. The Morgan fingerprint density at radius 3 is 1.78 bits per heavy atom. The molecule has 2 heteroatoms. The zero-order chi connectivity index (χ0) is 5.82. The molecule has 0 aromatic carbocycles. The van der Waals surface area contributed by atoms with Crippen LogP contribution in [-0.4, -0.2) is 24.6 Å². The number of ketones is 1. The minimum atomic E-state index is 0. The van der Waals surface area contributed by atoms with E-state index < -0.39 is 0 Å². The molecule has 0 aromatic heterocycles. The molecule has 9 heavy (non-hydrogen) atoms. The van der Waals surface area contributed by atoms with Crippen molar-refractivity contribution >= 4 is 24.6 Å². The molecule has 1 aliphatic rings. The van der Waals surface area contributed by atoms with Gasteiger partial charge in [-0.25, -0.2) is 0 Å². The van der Waals surface area contributed by atoms with Crippen LogP contribution in [0.25, 0.3) is 0 Å². The average Bonchev–Trinajstić information content (AvgIpc) is 1.94. The van der Waals surface area contributed by atoms with Gasteiger partial charge in [0.05, 0.1) is 0 Å². The third-order valence-electron chi connectivity index (χ3n) is 1.66. The van der Waals surface area contributed by atoms with Crippen LogP contribution in [-0.2, 0) is 4.79 Å². The van der Waals surface area contributed by atoms with E-state index in [1.165, 1.54) is 12.8 Å². The van der Waals surface area contributed by atoms with Crippen molar-refractivity contribution < 1.29 is 4.79 Å². The molecule has 0 heterocycles. The molecule has 1 saturated carbocycles.